The monoisotopic (exact) mass is 261 g/mol. The minimum Gasteiger partial charge on any atom is -0.314 e. The number of nitrogens with zero attached hydrogens (tertiary/aromatic N) is 2. The van der Waals surface area contributed by atoms with Crippen LogP contribution in [0.15, 0.2) is 24.4 Å². The Labute approximate surface area is 117 Å². The summed E-state index contributed by atoms with van der Waals surface area (Å²) in [6.07, 6.45) is 7.21. The van der Waals surface area contributed by atoms with Crippen molar-refractivity contribution in [3.05, 3.63) is 30.1 Å². The first-order valence-corrected chi connectivity index (χ1v) is 7.61. The fourth-order valence-electron chi connectivity index (χ4n) is 3.09. The average molecular weight is 261 g/mol. The summed E-state index contributed by atoms with van der Waals surface area (Å²) in [5.74, 6) is 0.806. The molecule has 1 N–H and O–H groups in total. The molecule has 0 amide bonds. The zero-order valence-corrected chi connectivity index (χ0v) is 12.3. The van der Waals surface area contributed by atoms with E-state index >= 15 is 0 Å². The van der Waals surface area contributed by atoms with E-state index < -0.39 is 0 Å². The molecule has 0 aromatic carbocycles. The molecule has 3 heteroatoms. The molecule has 0 saturated heterocycles. The van der Waals surface area contributed by atoms with Crippen molar-refractivity contribution in [3.63, 3.8) is 0 Å². The van der Waals surface area contributed by atoms with Crippen LogP contribution >= 0.6 is 0 Å². The van der Waals surface area contributed by atoms with Gasteiger partial charge in [0.25, 0.3) is 0 Å². The predicted molar refractivity (Wildman–Crippen MR) is 80.0 cm³/mol. The Morgan fingerprint density at radius 1 is 1.37 bits per heavy atom. The predicted octanol–water partition coefficient (Wildman–Crippen LogP) is 2.68. The Kier molecular flexibility index (Phi) is 5.80. The number of hydrogen-bond acceptors (Lipinski definition) is 3. The highest BCUT2D eigenvalue weighted by Gasteiger charge is 2.27. The third kappa shape index (κ3) is 4.59. The van der Waals surface area contributed by atoms with Crippen LogP contribution in [-0.2, 0) is 6.54 Å². The smallest absolute Gasteiger partial charge is 0.0543 e. The second-order valence-electron chi connectivity index (χ2n) is 5.77. The van der Waals surface area contributed by atoms with Crippen LogP contribution in [0.3, 0.4) is 0 Å². The first-order chi connectivity index (χ1) is 9.29. The van der Waals surface area contributed by atoms with Crippen molar-refractivity contribution in [1.82, 2.24) is 15.2 Å². The Morgan fingerprint density at radius 3 is 3.00 bits per heavy atom. The van der Waals surface area contributed by atoms with Crippen LogP contribution in [0.4, 0.5) is 0 Å². The first-order valence-electron chi connectivity index (χ1n) is 7.61. The second kappa shape index (κ2) is 7.61. The lowest BCUT2D eigenvalue weighted by Crippen LogP contribution is -2.38. The van der Waals surface area contributed by atoms with E-state index in [2.05, 4.69) is 41.3 Å². The lowest BCUT2D eigenvalue weighted by Gasteiger charge is -2.26. The molecule has 0 aliphatic heterocycles. The zero-order chi connectivity index (χ0) is 13.5. The molecule has 1 aliphatic rings. The van der Waals surface area contributed by atoms with E-state index in [9.17, 15) is 0 Å². The molecule has 2 rings (SSSR count). The minimum absolute atomic E-state index is 0.728. The standard InChI is InChI=1S/C16H27N3/c1-3-10-18-16-9-6-7-14(16)12-19(2)13-15-8-4-5-11-17-15/h4-5,8,11,14,16,18H,3,6-7,9-10,12-13H2,1-2H3. The van der Waals surface area contributed by atoms with Crippen LogP contribution in [0.5, 0.6) is 0 Å². The van der Waals surface area contributed by atoms with Gasteiger partial charge in [0, 0.05) is 25.3 Å². The summed E-state index contributed by atoms with van der Waals surface area (Å²) in [6.45, 7) is 5.53. The molecule has 19 heavy (non-hydrogen) atoms. The van der Waals surface area contributed by atoms with E-state index in [0.717, 1.165) is 25.0 Å². The van der Waals surface area contributed by atoms with Gasteiger partial charge in [0.1, 0.15) is 0 Å². The molecule has 1 heterocycles. The van der Waals surface area contributed by atoms with Crippen LogP contribution in [0.1, 0.15) is 38.3 Å². The van der Waals surface area contributed by atoms with Gasteiger partial charge in [0.15, 0.2) is 0 Å². The van der Waals surface area contributed by atoms with Crippen LogP contribution in [0, 0.1) is 5.92 Å². The van der Waals surface area contributed by atoms with Crippen molar-refractivity contribution in [2.45, 2.75) is 45.2 Å². The largest absolute Gasteiger partial charge is 0.314 e. The van der Waals surface area contributed by atoms with Gasteiger partial charge in [-0.2, -0.15) is 0 Å². The maximum absolute atomic E-state index is 4.40. The summed E-state index contributed by atoms with van der Waals surface area (Å²) in [6, 6.07) is 6.88. The molecule has 106 valence electrons. The molecule has 1 aromatic heterocycles. The maximum Gasteiger partial charge on any atom is 0.0543 e. The van der Waals surface area contributed by atoms with Gasteiger partial charge in [-0.3, -0.25) is 4.98 Å². The van der Waals surface area contributed by atoms with Crippen molar-refractivity contribution in [1.29, 1.82) is 0 Å². The molecule has 0 radical (unpaired) electrons. The molecule has 3 nitrogen and oxygen atoms in total. The molecule has 1 fully saturated rings. The number of nitrogens with one attached hydrogen (secondary N) is 1. The van der Waals surface area contributed by atoms with Gasteiger partial charge >= 0.3 is 0 Å². The average Bonchev–Trinajstić information content (AvgIpc) is 2.84. The van der Waals surface area contributed by atoms with E-state index in [0.29, 0.717) is 0 Å². The molecule has 0 bridgehead atoms. The maximum atomic E-state index is 4.40. The third-order valence-electron chi connectivity index (χ3n) is 4.02. The van der Waals surface area contributed by atoms with Crippen molar-refractivity contribution < 1.29 is 0 Å². The number of hydrogen-bond donors (Lipinski definition) is 1. The minimum atomic E-state index is 0.728. The van der Waals surface area contributed by atoms with E-state index in [1.54, 1.807) is 0 Å². The van der Waals surface area contributed by atoms with Crippen molar-refractivity contribution in [2.24, 2.45) is 5.92 Å². The van der Waals surface area contributed by atoms with Gasteiger partial charge in [-0.1, -0.05) is 19.4 Å². The van der Waals surface area contributed by atoms with Crippen molar-refractivity contribution >= 4 is 0 Å². The first kappa shape index (κ1) is 14.5. The lowest BCUT2D eigenvalue weighted by molar-refractivity contribution is 0.243. The third-order valence-corrected chi connectivity index (χ3v) is 4.02. The summed E-state index contributed by atoms with van der Waals surface area (Å²) >= 11 is 0. The molecule has 2 unspecified atom stereocenters. The van der Waals surface area contributed by atoms with E-state index in [1.807, 2.05) is 12.3 Å². The summed E-state index contributed by atoms with van der Waals surface area (Å²) in [7, 11) is 2.21. The Hall–Kier alpha value is -0.930. The quantitative estimate of drug-likeness (QED) is 0.818. The van der Waals surface area contributed by atoms with Crippen molar-refractivity contribution in [2.75, 3.05) is 20.1 Å². The molecule has 0 spiro atoms. The van der Waals surface area contributed by atoms with Gasteiger partial charge in [0.2, 0.25) is 0 Å². The van der Waals surface area contributed by atoms with Crippen LogP contribution in [0.25, 0.3) is 0 Å². The second-order valence-corrected chi connectivity index (χ2v) is 5.77. The highest BCUT2D eigenvalue weighted by atomic mass is 15.1. The van der Waals surface area contributed by atoms with E-state index in [4.69, 9.17) is 0 Å². The molecule has 1 saturated carbocycles. The van der Waals surface area contributed by atoms with E-state index in [-0.39, 0.29) is 0 Å². The van der Waals surface area contributed by atoms with Gasteiger partial charge in [-0.15, -0.1) is 0 Å². The highest BCUT2D eigenvalue weighted by Crippen LogP contribution is 2.26. The van der Waals surface area contributed by atoms with Gasteiger partial charge in [-0.25, -0.2) is 0 Å². The molecule has 1 aromatic rings. The number of pyridine rings is 1. The van der Waals surface area contributed by atoms with Crippen LogP contribution < -0.4 is 5.32 Å². The Balaban J connectivity index is 1.79. The van der Waals surface area contributed by atoms with Crippen LogP contribution in [0.2, 0.25) is 0 Å². The van der Waals surface area contributed by atoms with Gasteiger partial charge < -0.3 is 10.2 Å². The number of aromatic nitrogens is 1. The fraction of sp³-hybridized carbons (Fsp3) is 0.688. The lowest BCUT2D eigenvalue weighted by atomic mass is 10.0. The summed E-state index contributed by atoms with van der Waals surface area (Å²) in [5, 5.41) is 3.71. The fourth-order valence-corrected chi connectivity index (χ4v) is 3.09. The number of rotatable bonds is 7. The Bertz CT molecular complexity index is 352. The molecule has 2 atom stereocenters. The topological polar surface area (TPSA) is 28.2 Å². The normalized spacial score (nSPS) is 23.1. The molecular weight excluding hydrogens is 234 g/mol. The van der Waals surface area contributed by atoms with Crippen LogP contribution in [-0.4, -0.2) is 36.1 Å². The van der Waals surface area contributed by atoms with Gasteiger partial charge in [0.05, 0.1) is 5.69 Å². The summed E-state index contributed by atoms with van der Waals surface area (Å²) in [5.41, 5.74) is 1.17. The van der Waals surface area contributed by atoms with E-state index in [1.165, 1.54) is 37.9 Å². The van der Waals surface area contributed by atoms with Crippen molar-refractivity contribution in [3.8, 4) is 0 Å². The summed E-state index contributed by atoms with van der Waals surface area (Å²) in [4.78, 5) is 6.82. The molecular formula is C16H27N3. The SMILES string of the molecule is CCCNC1CCCC1CN(C)Cc1ccccn1. The molecule has 1 aliphatic carbocycles. The van der Waals surface area contributed by atoms with Gasteiger partial charge in [-0.05, 0) is 50.9 Å². The summed E-state index contributed by atoms with van der Waals surface area (Å²) < 4.78 is 0. The highest BCUT2D eigenvalue weighted by molar-refractivity contribution is 5.03. The Morgan fingerprint density at radius 2 is 2.26 bits per heavy atom. The zero-order valence-electron chi connectivity index (χ0n) is 12.3.